The summed E-state index contributed by atoms with van der Waals surface area (Å²) in [5.41, 5.74) is 0. The first-order valence-corrected chi connectivity index (χ1v) is 8.12. The third kappa shape index (κ3) is 4.62. The van der Waals surface area contributed by atoms with Crippen molar-refractivity contribution >= 4 is 0 Å². The Balaban J connectivity index is 1.57. The first-order chi connectivity index (χ1) is 8.38. The van der Waals surface area contributed by atoms with E-state index in [4.69, 9.17) is 0 Å². The quantitative estimate of drug-likeness (QED) is 0.741. The molecule has 1 nitrogen and oxygen atoms in total. The van der Waals surface area contributed by atoms with E-state index in [0.29, 0.717) is 0 Å². The molecule has 100 valence electrons. The Labute approximate surface area is 108 Å². The summed E-state index contributed by atoms with van der Waals surface area (Å²) in [5.74, 6) is 2.05. The van der Waals surface area contributed by atoms with Gasteiger partial charge in [0, 0.05) is 6.04 Å². The summed E-state index contributed by atoms with van der Waals surface area (Å²) in [7, 11) is 0. The number of nitrogens with one attached hydrogen (secondary N) is 1. The van der Waals surface area contributed by atoms with Crippen LogP contribution in [0, 0.1) is 11.8 Å². The fraction of sp³-hybridized carbons (Fsp3) is 1.00. The van der Waals surface area contributed by atoms with Crippen molar-refractivity contribution in [1.29, 1.82) is 0 Å². The molecule has 0 aromatic rings. The second-order valence-corrected chi connectivity index (χ2v) is 6.42. The zero-order chi connectivity index (χ0) is 11.9. The minimum absolute atomic E-state index is 0.852. The molecule has 0 aromatic heterocycles. The molecule has 0 aromatic carbocycles. The van der Waals surface area contributed by atoms with Gasteiger partial charge in [-0.1, -0.05) is 39.0 Å². The summed E-state index contributed by atoms with van der Waals surface area (Å²) in [6, 6.07) is 0.852. The highest BCUT2D eigenvalue weighted by Crippen LogP contribution is 2.28. The van der Waals surface area contributed by atoms with Crippen LogP contribution in [-0.2, 0) is 0 Å². The molecule has 1 N–H and O–H groups in total. The molecule has 0 atom stereocenters. The van der Waals surface area contributed by atoms with Crippen LogP contribution in [0.5, 0.6) is 0 Å². The SMILES string of the molecule is CCCC1CCC(NCC2CCCCC2)CC1. The van der Waals surface area contributed by atoms with Crippen LogP contribution in [0.1, 0.15) is 77.6 Å². The Kier molecular flexibility index (Phi) is 5.84. The third-order valence-electron chi connectivity index (χ3n) is 4.96. The summed E-state index contributed by atoms with van der Waals surface area (Å²) in [4.78, 5) is 0. The van der Waals surface area contributed by atoms with Gasteiger partial charge in [0.25, 0.3) is 0 Å². The predicted molar refractivity (Wildman–Crippen MR) is 75.2 cm³/mol. The van der Waals surface area contributed by atoms with Gasteiger partial charge in [-0.25, -0.2) is 0 Å². The van der Waals surface area contributed by atoms with Gasteiger partial charge < -0.3 is 5.32 Å². The average molecular weight is 237 g/mol. The molecular weight excluding hydrogens is 206 g/mol. The lowest BCUT2D eigenvalue weighted by Crippen LogP contribution is -2.36. The van der Waals surface area contributed by atoms with Crippen molar-refractivity contribution in [2.45, 2.75) is 83.6 Å². The van der Waals surface area contributed by atoms with Crippen LogP contribution in [0.25, 0.3) is 0 Å². The van der Waals surface area contributed by atoms with Gasteiger partial charge in [0.1, 0.15) is 0 Å². The van der Waals surface area contributed by atoms with Crippen molar-refractivity contribution in [1.82, 2.24) is 5.32 Å². The Morgan fingerprint density at radius 2 is 1.53 bits per heavy atom. The average Bonchev–Trinajstić information content (AvgIpc) is 2.40. The smallest absolute Gasteiger partial charge is 0.00673 e. The van der Waals surface area contributed by atoms with Gasteiger partial charge in [-0.3, -0.25) is 0 Å². The van der Waals surface area contributed by atoms with E-state index in [-0.39, 0.29) is 0 Å². The highest BCUT2D eigenvalue weighted by Gasteiger charge is 2.21. The van der Waals surface area contributed by atoms with Gasteiger partial charge in [-0.05, 0) is 56.9 Å². The summed E-state index contributed by atoms with van der Waals surface area (Å²) in [6.45, 7) is 3.64. The Bertz CT molecular complexity index is 188. The lowest BCUT2D eigenvalue weighted by atomic mass is 9.83. The first kappa shape index (κ1) is 13.4. The minimum atomic E-state index is 0.852. The second-order valence-electron chi connectivity index (χ2n) is 6.42. The maximum Gasteiger partial charge on any atom is 0.00673 e. The third-order valence-corrected chi connectivity index (χ3v) is 4.96. The summed E-state index contributed by atoms with van der Waals surface area (Å²) in [6.07, 6.45) is 16.1. The zero-order valence-electron chi connectivity index (χ0n) is 11.7. The standard InChI is InChI=1S/C16H31N/c1-2-6-14-9-11-16(12-10-14)17-13-15-7-4-3-5-8-15/h14-17H,2-13H2,1H3. The minimum Gasteiger partial charge on any atom is -0.314 e. The van der Waals surface area contributed by atoms with Gasteiger partial charge in [-0.2, -0.15) is 0 Å². The predicted octanol–water partition coefficient (Wildman–Crippen LogP) is 4.52. The van der Waals surface area contributed by atoms with Crippen LogP contribution in [0.3, 0.4) is 0 Å². The van der Waals surface area contributed by atoms with Crippen molar-refractivity contribution < 1.29 is 0 Å². The van der Waals surface area contributed by atoms with Crippen LogP contribution >= 0.6 is 0 Å². The van der Waals surface area contributed by atoms with Crippen molar-refractivity contribution in [3.63, 3.8) is 0 Å². The molecule has 0 unspecified atom stereocenters. The van der Waals surface area contributed by atoms with E-state index in [9.17, 15) is 0 Å². The molecule has 2 fully saturated rings. The summed E-state index contributed by atoms with van der Waals surface area (Å²) in [5, 5.41) is 3.85. The Morgan fingerprint density at radius 3 is 2.18 bits per heavy atom. The lowest BCUT2D eigenvalue weighted by Gasteiger charge is -2.31. The van der Waals surface area contributed by atoms with E-state index < -0.39 is 0 Å². The normalized spacial score (nSPS) is 31.6. The Morgan fingerprint density at radius 1 is 0.824 bits per heavy atom. The Hall–Kier alpha value is -0.0400. The molecular formula is C16H31N. The lowest BCUT2D eigenvalue weighted by molar-refractivity contribution is 0.256. The zero-order valence-corrected chi connectivity index (χ0v) is 11.7. The summed E-state index contributed by atoms with van der Waals surface area (Å²) >= 11 is 0. The van der Waals surface area contributed by atoms with Crippen LogP contribution < -0.4 is 5.32 Å². The second kappa shape index (κ2) is 7.41. The van der Waals surface area contributed by atoms with Gasteiger partial charge in [0.05, 0.1) is 0 Å². The fourth-order valence-electron chi connectivity index (χ4n) is 3.79. The number of rotatable bonds is 5. The first-order valence-electron chi connectivity index (χ1n) is 8.12. The van der Waals surface area contributed by atoms with E-state index in [2.05, 4.69) is 12.2 Å². The van der Waals surface area contributed by atoms with E-state index in [1.165, 1.54) is 77.2 Å². The number of hydrogen-bond acceptors (Lipinski definition) is 1. The summed E-state index contributed by atoms with van der Waals surface area (Å²) < 4.78 is 0. The molecule has 2 saturated carbocycles. The maximum atomic E-state index is 3.85. The molecule has 1 heteroatoms. The van der Waals surface area contributed by atoms with Crippen LogP contribution in [0.15, 0.2) is 0 Å². The van der Waals surface area contributed by atoms with E-state index in [0.717, 1.165) is 17.9 Å². The van der Waals surface area contributed by atoms with Crippen LogP contribution in [-0.4, -0.2) is 12.6 Å². The highest BCUT2D eigenvalue weighted by atomic mass is 14.9. The molecule has 0 radical (unpaired) electrons. The van der Waals surface area contributed by atoms with Gasteiger partial charge in [0.15, 0.2) is 0 Å². The highest BCUT2D eigenvalue weighted by molar-refractivity contribution is 4.78. The molecule has 17 heavy (non-hydrogen) atoms. The molecule has 2 rings (SSSR count). The van der Waals surface area contributed by atoms with Crippen LogP contribution in [0.4, 0.5) is 0 Å². The van der Waals surface area contributed by atoms with E-state index in [1.54, 1.807) is 0 Å². The number of hydrogen-bond donors (Lipinski definition) is 1. The monoisotopic (exact) mass is 237 g/mol. The molecule has 0 spiro atoms. The molecule has 0 saturated heterocycles. The topological polar surface area (TPSA) is 12.0 Å². The molecule has 0 heterocycles. The van der Waals surface area contributed by atoms with Gasteiger partial charge >= 0.3 is 0 Å². The van der Waals surface area contributed by atoms with Crippen molar-refractivity contribution in [3.8, 4) is 0 Å². The van der Waals surface area contributed by atoms with E-state index in [1.807, 2.05) is 0 Å². The van der Waals surface area contributed by atoms with Crippen LogP contribution in [0.2, 0.25) is 0 Å². The molecule has 0 aliphatic heterocycles. The van der Waals surface area contributed by atoms with Gasteiger partial charge in [-0.15, -0.1) is 0 Å². The van der Waals surface area contributed by atoms with Gasteiger partial charge in [0.2, 0.25) is 0 Å². The fourth-order valence-corrected chi connectivity index (χ4v) is 3.79. The largest absolute Gasteiger partial charge is 0.314 e. The van der Waals surface area contributed by atoms with Crippen molar-refractivity contribution in [2.75, 3.05) is 6.54 Å². The molecule has 0 amide bonds. The van der Waals surface area contributed by atoms with Crippen molar-refractivity contribution in [2.24, 2.45) is 11.8 Å². The molecule has 2 aliphatic rings. The van der Waals surface area contributed by atoms with E-state index >= 15 is 0 Å². The van der Waals surface area contributed by atoms with Crippen molar-refractivity contribution in [3.05, 3.63) is 0 Å². The maximum absolute atomic E-state index is 3.85. The molecule has 2 aliphatic carbocycles. The molecule has 0 bridgehead atoms.